The van der Waals surface area contributed by atoms with Crippen molar-refractivity contribution in [3.63, 3.8) is 0 Å². The van der Waals surface area contributed by atoms with Crippen molar-refractivity contribution in [2.45, 2.75) is 71.6 Å². The van der Waals surface area contributed by atoms with Gasteiger partial charge in [-0.2, -0.15) is 0 Å². The molecule has 1 fully saturated rings. The van der Waals surface area contributed by atoms with Crippen LogP contribution in [0.15, 0.2) is 0 Å². The summed E-state index contributed by atoms with van der Waals surface area (Å²) in [6.45, 7) is 8.61. The zero-order chi connectivity index (χ0) is 13.2. The zero-order valence-corrected chi connectivity index (χ0v) is 12.4. The third kappa shape index (κ3) is 6.17. The third-order valence-corrected chi connectivity index (χ3v) is 3.94. The van der Waals surface area contributed by atoms with Crippen LogP contribution in [0.5, 0.6) is 0 Å². The molecule has 0 bridgehead atoms. The van der Waals surface area contributed by atoms with Crippen LogP contribution in [-0.2, 0) is 9.47 Å². The van der Waals surface area contributed by atoms with Crippen LogP contribution >= 0.6 is 0 Å². The normalized spacial score (nSPS) is 25.3. The molecule has 1 rings (SSSR count). The molecule has 0 aromatic carbocycles. The quantitative estimate of drug-likeness (QED) is 0.534. The third-order valence-electron chi connectivity index (χ3n) is 3.94. The van der Waals surface area contributed by atoms with Crippen molar-refractivity contribution in [1.29, 1.82) is 0 Å². The molecule has 108 valence electrons. The Bertz CT molecular complexity index is 193. The summed E-state index contributed by atoms with van der Waals surface area (Å²) in [7, 11) is 0. The first-order chi connectivity index (χ1) is 8.80. The van der Waals surface area contributed by atoms with Crippen molar-refractivity contribution in [3.05, 3.63) is 0 Å². The monoisotopic (exact) mass is 257 g/mol. The van der Waals surface area contributed by atoms with Crippen molar-refractivity contribution >= 4 is 0 Å². The first-order valence-corrected chi connectivity index (χ1v) is 7.76. The maximum Gasteiger partial charge on any atom is 0.169 e. The van der Waals surface area contributed by atoms with Gasteiger partial charge in [-0.05, 0) is 39.0 Å². The minimum Gasteiger partial charge on any atom is -0.352 e. The van der Waals surface area contributed by atoms with Crippen molar-refractivity contribution in [2.24, 2.45) is 5.92 Å². The Morgan fingerprint density at radius 2 is 1.72 bits per heavy atom. The van der Waals surface area contributed by atoms with Crippen molar-refractivity contribution in [3.8, 4) is 0 Å². The van der Waals surface area contributed by atoms with Gasteiger partial charge in [0.15, 0.2) is 6.29 Å². The van der Waals surface area contributed by atoms with Crippen molar-refractivity contribution in [1.82, 2.24) is 5.32 Å². The lowest BCUT2D eigenvalue weighted by Gasteiger charge is -2.22. The van der Waals surface area contributed by atoms with Gasteiger partial charge in [0, 0.05) is 25.8 Å². The second kappa shape index (κ2) is 9.76. The molecule has 1 saturated carbocycles. The van der Waals surface area contributed by atoms with Crippen LogP contribution in [-0.4, -0.2) is 32.1 Å². The van der Waals surface area contributed by atoms with E-state index < -0.39 is 0 Å². The van der Waals surface area contributed by atoms with E-state index in [0.29, 0.717) is 6.04 Å². The molecule has 2 unspecified atom stereocenters. The SMILES string of the molecule is CCOC(CNC1CCCC(CC)CC1)OCC. The van der Waals surface area contributed by atoms with Gasteiger partial charge in [0.2, 0.25) is 0 Å². The Kier molecular flexibility index (Phi) is 8.64. The predicted octanol–water partition coefficient (Wildman–Crippen LogP) is 3.33. The Morgan fingerprint density at radius 3 is 2.33 bits per heavy atom. The fourth-order valence-electron chi connectivity index (χ4n) is 2.79. The molecule has 2 atom stereocenters. The zero-order valence-electron chi connectivity index (χ0n) is 12.4. The second-order valence-corrected chi connectivity index (χ2v) is 5.23. The van der Waals surface area contributed by atoms with Crippen LogP contribution in [0.2, 0.25) is 0 Å². The highest BCUT2D eigenvalue weighted by atomic mass is 16.7. The molecule has 0 spiro atoms. The molecule has 0 heterocycles. The molecule has 3 heteroatoms. The number of nitrogens with one attached hydrogen (secondary N) is 1. The summed E-state index contributed by atoms with van der Waals surface area (Å²) in [4.78, 5) is 0. The van der Waals surface area contributed by atoms with Crippen LogP contribution < -0.4 is 5.32 Å². The summed E-state index contributed by atoms with van der Waals surface area (Å²) >= 11 is 0. The number of ether oxygens (including phenoxy) is 2. The van der Waals surface area contributed by atoms with Crippen LogP contribution in [0.3, 0.4) is 0 Å². The fraction of sp³-hybridized carbons (Fsp3) is 1.00. The van der Waals surface area contributed by atoms with E-state index in [1.165, 1.54) is 38.5 Å². The van der Waals surface area contributed by atoms with Gasteiger partial charge < -0.3 is 14.8 Å². The van der Waals surface area contributed by atoms with E-state index in [2.05, 4.69) is 12.2 Å². The van der Waals surface area contributed by atoms with Gasteiger partial charge in [0.25, 0.3) is 0 Å². The summed E-state index contributed by atoms with van der Waals surface area (Å²) in [5.41, 5.74) is 0. The summed E-state index contributed by atoms with van der Waals surface area (Å²) in [6.07, 6.45) is 8.03. The maximum atomic E-state index is 5.56. The van der Waals surface area contributed by atoms with E-state index in [9.17, 15) is 0 Å². The van der Waals surface area contributed by atoms with E-state index in [1.54, 1.807) is 0 Å². The van der Waals surface area contributed by atoms with Crippen LogP contribution in [0.25, 0.3) is 0 Å². The van der Waals surface area contributed by atoms with Gasteiger partial charge in [0.1, 0.15) is 0 Å². The molecule has 0 amide bonds. The molecule has 0 aliphatic heterocycles. The van der Waals surface area contributed by atoms with Gasteiger partial charge in [-0.1, -0.05) is 26.2 Å². The average Bonchev–Trinajstić information content (AvgIpc) is 2.61. The van der Waals surface area contributed by atoms with Crippen LogP contribution in [0.1, 0.15) is 59.3 Å². The number of hydrogen-bond donors (Lipinski definition) is 1. The van der Waals surface area contributed by atoms with E-state index in [-0.39, 0.29) is 6.29 Å². The standard InChI is InChI=1S/C15H31NO2/c1-4-13-8-7-9-14(11-10-13)16-12-15(17-5-2)18-6-3/h13-16H,4-12H2,1-3H3. The van der Waals surface area contributed by atoms with Crippen molar-refractivity contribution in [2.75, 3.05) is 19.8 Å². The summed E-state index contributed by atoms with van der Waals surface area (Å²) in [6, 6.07) is 0.657. The molecule has 0 radical (unpaired) electrons. The lowest BCUT2D eigenvalue weighted by Crippen LogP contribution is -2.38. The highest BCUT2D eigenvalue weighted by Crippen LogP contribution is 2.25. The maximum absolute atomic E-state index is 5.56. The predicted molar refractivity (Wildman–Crippen MR) is 75.7 cm³/mol. The molecule has 0 aromatic heterocycles. The van der Waals surface area contributed by atoms with Crippen molar-refractivity contribution < 1.29 is 9.47 Å². The number of rotatable bonds is 8. The topological polar surface area (TPSA) is 30.5 Å². The molecule has 1 N–H and O–H groups in total. The molecule has 3 nitrogen and oxygen atoms in total. The fourth-order valence-corrected chi connectivity index (χ4v) is 2.79. The second-order valence-electron chi connectivity index (χ2n) is 5.23. The molecule has 0 saturated heterocycles. The van der Waals surface area contributed by atoms with E-state index in [4.69, 9.17) is 9.47 Å². The minimum atomic E-state index is -0.0785. The minimum absolute atomic E-state index is 0.0785. The smallest absolute Gasteiger partial charge is 0.169 e. The Morgan fingerprint density at radius 1 is 1.00 bits per heavy atom. The Labute approximate surface area is 113 Å². The van der Waals surface area contributed by atoms with Gasteiger partial charge in [-0.3, -0.25) is 0 Å². The largest absolute Gasteiger partial charge is 0.352 e. The highest BCUT2D eigenvalue weighted by molar-refractivity contribution is 4.74. The number of hydrogen-bond acceptors (Lipinski definition) is 3. The molecular weight excluding hydrogens is 226 g/mol. The summed E-state index contributed by atoms with van der Waals surface area (Å²) in [5, 5.41) is 3.63. The molecular formula is C15H31NO2. The van der Waals surface area contributed by atoms with E-state index in [1.807, 2.05) is 13.8 Å². The molecule has 18 heavy (non-hydrogen) atoms. The van der Waals surface area contributed by atoms with Gasteiger partial charge in [-0.25, -0.2) is 0 Å². The van der Waals surface area contributed by atoms with Crippen LogP contribution in [0, 0.1) is 5.92 Å². The molecule has 1 aliphatic rings. The van der Waals surface area contributed by atoms with Crippen LogP contribution in [0.4, 0.5) is 0 Å². The van der Waals surface area contributed by atoms with E-state index >= 15 is 0 Å². The first-order valence-electron chi connectivity index (χ1n) is 7.76. The Balaban J connectivity index is 2.24. The lowest BCUT2D eigenvalue weighted by atomic mass is 9.98. The highest BCUT2D eigenvalue weighted by Gasteiger charge is 2.18. The lowest BCUT2D eigenvalue weighted by molar-refractivity contribution is -0.133. The van der Waals surface area contributed by atoms with Gasteiger partial charge >= 0.3 is 0 Å². The molecule has 1 aliphatic carbocycles. The van der Waals surface area contributed by atoms with Gasteiger partial charge in [0.05, 0.1) is 0 Å². The molecule has 0 aromatic rings. The summed E-state index contributed by atoms with van der Waals surface area (Å²) in [5.74, 6) is 0.950. The average molecular weight is 257 g/mol. The van der Waals surface area contributed by atoms with Gasteiger partial charge in [-0.15, -0.1) is 0 Å². The first kappa shape index (κ1) is 15.9. The Hall–Kier alpha value is -0.120. The summed E-state index contributed by atoms with van der Waals surface area (Å²) < 4.78 is 11.1. The van der Waals surface area contributed by atoms with E-state index in [0.717, 1.165) is 25.7 Å².